The highest BCUT2D eigenvalue weighted by molar-refractivity contribution is 6.29. The average Bonchev–Trinajstić information content (AvgIpc) is 2.93. The Hall–Kier alpha value is -2.41. The first-order valence-electron chi connectivity index (χ1n) is 5.85. The maximum absolute atomic E-state index is 5.94. The lowest BCUT2D eigenvalue weighted by Crippen LogP contribution is -2.06. The monoisotopic (exact) mass is 290 g/mol. The number of nitrogens with one attached hydrogen (secondary N) is 1. The van der Waals surface area contributed by atoms with Crippen LogP contribution in [-0.2, 0) is 6.54 Å². The van der Waals surface area contributed by atoms with Gasteiger partial charge in [-0.1, -0.05) is 17.7 Å². The van der Waals surface area contributed by atoms with Gasteiger partial charge < -0.3 is 10.1 Å². The molecule has 0 saturated carbocycles. The van der Waals surface area contributed by atoms with Crippen LogP contribution in [0.5, 0.6) is 5.88 Å². The van der Waals surface area contributed by atoms with E-state index in [1.54, 1.807) is 23.9 Å². The molecule has 0 fully saturated rings. The lowest BCUT2D eigenvalue weighted by molar-refractivity contribution is 0.397. The van der Waals surface area contributed by atoms with E-state index in [1.807, 2.05) is 12.1 Å². The van der Waals surface area contributed by atoms with Crippen molar-refractivity contribution in [3.8, 4) is 5.88 Å². The zero-order chi connectivity index (χ0) is 13.9. The van der Waals surface area contributed by atoms with Crippen LogP contribution in [0.1, 0.15) is 5.56 Å². The van der Waals surface area contributed by atoms with Crippen LogP contribution >= 0.6 is 11.6 Å². The Balaban J connectivity index is 1.80. The molecule has 102 valence electrons. The molecule has 3 aromatic rings. The second kappa shape index (κ2) is 5.30. The number of halogens is 1. The fourth-order valence-electron chi connectivity index (χ4n) is 1.74. The highest BCUT2D eigenvalue weighted by Gasteiger charge is 2.06. The quantitative estimate of drug-likeness (QED) is 0.738. The molecule has 0 radical (unpaired) electrons. The van der Waals surface area contributed by atoms with E-state index < -0.39 is 0 Å². The molecule has 7 nitrogen and oxygen atoms in total. The van der Waals surface area contributed by atoms with Crippen LogP contribution < -0.4 is 10.1 Å². The van der Waals surface area contributed by atoms with Gasteiger partial charge >= 0.3 is 0 Å². The van der Waals surface area contributed by atoms with Gasteiger partial charge in [0.2, 0.25) is 5.88 Å². The molecule has 20 heavy (non-hydrogen) atoms. The molecule has 0 aliphatic rings. The number of rotatable bonds is 4. The van der Waals surface area contributed by atoms with E-state index in [2.05, 4.69) is 25.4 Å². The number of ether oxygens (including phenoxy) is 1. The van der Waals surface area contributed by atoms with Gasteiger partial charge in [0.15, 0.2) is 0 Å². The molecule has 1 N–H and O–H groups in total. The van der Waals surface area contributed by atoms with Gasteiger partial charge in [-0.05, 0) is 5.56 Å². The minimum atomic E-state index is 0.362. The summed E-state index contributed by atoms with van der Waals surface area (Å²) < 4.78 is 6.60. The summed E-state index contributed by atoms with van der Waals surface area (Å²) in [5.41, 5.74) is 1.01. The Morgan fingerprint density at radius 2 is 2.25 bits per heavy atom. The minimum Gasteiger partial charge on any atom is -0.481 e. The summed E-state index contributed by atoms with van der Waals surface area (Å²) in [6, 6.07) is 5.43. The summed E-state index contributed by atoms with van der Waals surface area (Å²) in [6.45, 7) is 0.576. The Labute approximate surface area is 119 Å². The van der Waals surface area contributed by atoms with Gasteiger partial charge in [0, 0.05) is 24.9 Å². The molecule has 3 aromatic heterocycles. The van der Waals surface area contributed by atoms with E-state index in [-0.39, 0.29) is 0 Å². The third-order valence-corrected chi connectivity index (χ3v) is 2.89. The minimum absolute atomic E-state index is 0.362. The maximum atomic E-state index is 5.94. The number of anilines is 1. The van der Waals surface area contributed by atoms with Gasteiger partial charge in [-0.3, -0.25) is 0 Å². The topological polar surface area (TPSA) is 77.2 Å². The number of pyridine rings is 1. The van der Waals surface area contributed by atoms with Crippen LogP contribution in [0.3, 0.4) is 0 Å². The average molecular weight is 291 g/mol. The smallest absolute Gasteiger partial charge is 0.255 e. The third kappa shape index (κ3) is 2.48. The zero-order valence-corrected chi connectivity index (χ0v) is 11.4. The lowest BCUT2D eigenvalue weighted by Gasteiger charge is -2.08. The Morgan fingerprint density at radius 3 is 3.00 bits per heavy atom. The molecule has 0 aromatic carbocycles. The van der Waals surface area contributed by atoms with E-state index in [0.29, 0.717) is 29.2 Å². The zero-order valence-electron chi connectivity index (χ0n) is 10.6. The summed E-state index contributed by atoms with van der Waals surface area (Å²) in [6.07, 6.45) is 3.17. The van der Waals surface area contributed by atoms with Crippen molar-refractivity contribution in [2.24, 2.45) is 0 Å². The summed E-state index contributed by atoms with van der Waals surface area (Å²) >= 11 is 5.94. The van der Waals surface area contributed by atoms with Crippen molar-refractivity contribution in [2.75, 3.05) is 12.4 Å². The Morgan fingerprint density at radius 1 is 1.35 bits per heavy atom. The first-order chi connectivity index (χ1) is 9.76. The molecule has 3 heterocycles. The number of fused-ring (bicyclic) bond motifs is 1. The first kappa shape index (κ1) is 12.6. The largest absolute Gasteiger partial charge is 0.481 e. The second-order valence-electron chi connectivity index (χ2n) is 4.00. The van der Waals surface area contributed by atoms with E-state index in [1.165, 1.54) is 6.33 Å². The van der Waals surface area contributed by atoms with E-state index in [4.69, 9.17) is 16.3 Å². The van der Waals surface area contributed by atoms with E-state index in [9.17, 15) is 0 Å². The molecule has 0 aliphatic carbocycles. The predicted molar refractivity (Wildman–Crippen MR) is 73.9 cm³/mol. The SMILES string of the molecule is COc1ccc(CNc2cc(Cl)nc3ncnn23)cn1. The molecular formula is C12H11ClN6O. The number of hydrogen-bond donors (Lipinski definition) is 1. The van der Waals surface area contributed by atoms with Crippen LogP contribution in [0.2, 0.25) is 5.15 Å². The maximum Gasteiger partial charge on any atom is 0.255 e. The standard InChI is InChI=1S/C12H11ClN6O/c1-20-11-3-2-8(6-15-11)5-14-10-4-9(13)18-12-16-7-17-19(10)12/h2-4,6-7,14H,5H2,1H3. The molecule has 0 amide bonds. The van der Waals surface area contributed by atoms with Gasteiger partial charge in [0.05, 0.1) is 7.11 Å². The van der Waals surface area contributed by atoms with E-state index >= 15 is 0 Å². The third-order valence-electron chi connectivity index (χ3n) is 2.70. The van der Waals surface area contributed by atoms with Crippen LogP contribution in [-0.4, -0.2) is 31.7 Å². The fraction of sp³-hybridized carbons (Fsp3) is 0.167. The lowest BCUT2D eigenvalue weighted by atomic mass is 10.3. The summed E-state index contributed by atoms with van der Waals surface area (Å²) in [5, 5.41) is 7.67. The summed E-state index contributed by atoms with van der Waals surface area (Å²) in [4.78, 5) is 12.2. The molecule has 0 spiro atoms. The molecule has 0 atom stereocenters. The summed E-state index contributed by atoms with van der Waals surface area (Å²) in [5.74, 6) is 1.75. The molecule has 3 rings (SSSR count). The highest BCUT2D eigenvalue weighted by atomic mass is 35.5. The molecule has 0 aliphatic heterocycles. The molecule has 0 bridgehead atoms. The van der Waals surface area contributed by atoms with Gasteiger partial charge in [-0.25, -0.2) is 4.98 Å². The van der Waals surface area contributed by atoms with Crippen molar-refractivity contribution in [1.29, 1.82) is 0 Å². The molecule has 0 saturated heterocycles. The number of nitrogens with zero attached hydrogens (tertiary/aromatic N) is 5. The predicted octanol–water partition coefficient (Wildman–Crippen LogP) is 1.79. The van der Waals surface area contributed by atoms with Crippen LogP contribution in [0, 0.1) is 0 Å². The normalized spacial score (nSPS) is 10.7. The van der Waals surface area contributed by atoms with Crippen molar-refractivity contribution < 1.29 is 4.74 Å². The van der Waals surface area contributed by atoms with Crippen molar-refractivity contribution in [3.05, 3.63) is 41.4 Å². The van der Waals surface area contributed by atoms with Gasteiger partial charge in [-0.2, -0.15) is 19.6 Å². The molecular weight excluding hydrogens is 280 g/mol. The van der Waals surface area contributed by atoms with Crippen LogP contribution in [0.4, 0.5) is 5.82 Å². The number of methoxy groups -OCH3 is 1. The van der Waals surface area contributed by atoms with Crippen LogP contribution in [0.15, 0.2) is 30.7 Å². The van der Waals surface area contributed by atoms with Gasteiger partial charge in [0.1, 0.15) is 17.3 Å². The van der Waals surface area contributed by atoms with Crippen molar-refractivity contribution >= 4 is 23.2 Å². The Bertz CT molecular complexity index is 726. The van der Waals surface area contributed by atoms with Crippen molar-refractivity contribution in [3.63, 3.8) is 0 Å². The fourth-order valence-corrected chi connectivity index (χ4v) is 1.92. The first-order valence-corrected chi connectivity index (χ1v) is 6.23. The number of hydrogen-bond acceptors (Lipinski definition) is 6. The van der Waals surface area contributed by atoms with Gasteiger partial charge in [-0.15, -0.1) is 0 Å². The molecule has 8 heteroatoms. The van der Waals surface area contributed by atoms with Crippen molar-refractivity contribution in [1.82, 2.24) is 24.6 Å². The van der Waals surface area contributed by atoms with Gasteiger partial charge in [0.25, 0.3) is 5.78 Å². The van der Waals surface area contributed by atoms with Crippen LogP contribution in [0.25, 0.3) is 5.78 Å². The highest BCUT2D eigenvalue weighted by Crippen LogP contribution is 2.15. The van der Waals surface area contributed by atoms with E-state index in [0.717, 1.165) is 5.56 Å². The van der Waals surface area contributed by atoms with Crippen molar-refractivity contribution in [2.45, 2.75) is 6.54 Å². The summed E-state index contributed by atoms with van der Waals surface area (Å²) in [7, 11) is 1.58. The second-order valence-corrected chi connectivity index (χ2v) is 4.39. The number of aromatic nitrogens is 5. The molecule has 0 unspecified atom stereocenters. The Kier molecular flexibility index (Phi) is 3.34.